The Kier molecular flexibility index (Phi) is 4.51. The summed E-state index contributed by atoms with van der Waals surface area (Å²) in [6, 6.07) is 6.92. The number of rotatable bonds is 3. The molecule has 0 heterocycles. The number of aryl methyl sites for hydroxylation is 1. The van der Waals surface area contributed by atoms with Gasteiger partial charge in [0, 0.05) is 10.6 Å². The summed E-state index contributed by atoms with van der Waals surface area (Å²) in [4.78, 5) is 0. The molecule has 1 nitrogen and oxygen atoms in total. The minimum atomic E-state index is -0.450. The Labute approximate surface area is 126 Å². The van der Waals surface area contributed by atoms with Gasteiger partial charge < -0.3 is 5.32 Å². The molecule has 0 bridgehead atoms. The summed E-state index contributed by atoms with van der Waals surface area (Å²) in [5.41, 5.74) is 1.14. The van der Waals surface area contributed by atoms with Gasteiger partial charge in [-0.05, 0) is 49.7 Å². The van der Waals surface area contributed by atoms with Crippen molar-refractivity contribution >= 4 is 28.9 Å². The van der Waals surface area contributed by atoms with Crippen LogP contribution in [0.1, 0.15) is 24.1 Å². The molecule has 2 aromatic carbocycles. The minimum absolute atomic E-state index is 0.249. The Balaban J connectivity index is 2.28. The molecule has 0 amide bonds. The Morgan fingerprint density at radius 2 is 1.75 bits per heavy atom. The summed E-state index contributed by atoms with van der Waals surface area (Å²) in [6.07, 6.45) is 0. The largest absolute Gasteiger partial charge is 0.377 e. The third kappa shape index (κ3) is 3.22. The molecule has 0 saturated heterocycles. The Bertz CT molecular complexity index is 644. The summed E-state index contributed by atoms with van der Waals surface area (Å²) < 4.78 is 27.4. The van der Waals surface area contributed by atoms with E-state index in [1.54, 1.807) is 25.1 Å². The van der Waals surface area contributed by atoms with Crippen LogP contribution in [0.15, 0.2) is 30.3 Å². The molecule has 2 rings (SSSR count). The van der Waals surface area contributed by atoms with E-state index in [2.05, 4.69) is 5.32 Å². The number of hydrogen-bond donors (Lipinski definition) is 1. The highest BCUT2D eigenvalue weighted by Crippen LogP contribution is 2.30. The quantitative estimate of drug-likeness (QED) is 0.760. The SMILES string of the molecule is Cc1cc(F)c(C(C)Nc2ccc(Cl)cc2Cl)cc1F. The average Bonchev–Trinajstić information content (AvgIpc) is 2.37. The smallest absolute Gasteiger partial charge is 0.128 e. The second-order valence-corrected chi connectivity index (χ2v) is 5.46. The predicted octanol–water partition coefficient (Wildman–Crippen LogP) is 5.75. The molecule has 0 aliphatic rings. The van der Waals surface area contributed by atoms with Gasteiger partial charge in [0.25, 0.3) is 0 Å². The maximum absolute atomic E-state index is 13.9. The molecule has 0 aliphatic heterocycles. The lowest BCUT2D eigenvalue weighted by atomic mass is 10.0. The van der Waals surface area contributed by atoms with Crippen LogP contribution in [0.2, 0.25) is 10.0 Å². The lowest BCUT2D eigenvalue weighted by Crippen LogP contribution is -2.10. The Hall–Kier alpha value is -1.32. The number of benzene rings is 2. The van der Waals surface area contributed by atoms with Crippen LogP contribution in [0.5, 0.6) is 0 Å². The molecule has 5 heteroatoms. The minimum Gasteiger partial charge on any atom is -0.377 e. The molecule has 1 N–H and O–H groups in total. The fourth-order valence-electron chi connectivity index (χ4n) is 1.91. The van der Waals surface area contributed by atoms with E-state index in [1.807, 2.05) is 0 Å². The number of anilines is 1. The van der Waals surface area contributed by atoms with E-state index in [-0.39, 0.29) is 11.1 Å². The first-order chi connectivity index (χ1) is 9.38. The van der Waals surface area contributed by atoms with Crippen molar-refractivity contribution in [3.63, 3.8) is 0 Å². The second-order valence-electron chi connectivity index (χ2n) is 4.61. The van der Waals surface area contributed by atoms with Gasteiger partial charge in [-0.3, -0.25) is 0 Å². The van der Waals surface area contributed by atoms with Crippen molar-refractivity contribution in [3.8, 4) is 0 Å². The third-order valence-corrected chi connectivity index (χ3v) is 3.60. The van der Waals surface area contributed by atoms with Crippen molar-refractivity contribution in [2.75, 3.05) is 5.32 Å². The van der Waals surface area contributed by atoms with Crippen molar-refractivity contribution in [1.82, 2.24) is 0 Å². The Morgan fingerprint density at radius 3 is 2.40 bits per heavy atom. The van der Waals surface area contributed by atoms with Gasteiger partial charge in [0.15, 0.2) is 0 Å². The molecule has 2 aromatic rings. The molecule has 0 saturated carbocycles. The highest BCUT2D eigenvalue weighted by atomic mass is 35.5. The zero-order chi connectivity index (χ0) is 14.9. The highest BCUT2D eigenvalue weighted by molar-refractivity contribution is 6.36. The fourth-order valence-corrected chi connectivity index (χ4v) is 2.37. The molecular weight excluding hydrogens is 303 g/mol. The molecular formula is C15H13Cl2F2N. The average molecular weight is 316 g/mol. The first-order valence-electron chi connectivity index (χ1n) is 6.05. The van der Waals surface area contributed by atoms with E-state index < -0.39 is 17.7 Å². The maximum Gasteiger partial charge on any atom is 0.128 e. The number of nitrogens with one attached hydrogen (secondary N) is 1. The Morgan fingerprint density at radius 1 is 1.05 bits per heavy atom. The van der Waals surface area contributed by atoms with Crippen molar-refractivity contribution in [1.29, 1.82) is 0 Å². The van der Waals surface area contributed by atoms with Gasteiger partial charge in [0.1, 0.15) is 11.6 Å². The van der Waals surface area contributed by atoms with E-state index >= 15 is 0 Å². The number of halogens is 4. The monoisotopic (exact) mass is 315 g/mol. The molecule has 0 aromatic heterocycles. The van der Waals surface area contributed by atoms with Gasteiger partial charge >= 0.3 is 0 Å². The van der Waals surface area contributed by atoms with Crippen LogP contribution in [0, 0.1) is 18.6 Å². The molecule has 0 spiro atoms. The van der Waals surface area contributed by atoms with Crippen molar-refractivity contribution in [2.24, 2.45) is 0 Å². The van der Waals surface area contributed by atoms with Crippen LogP contribution in [0.3, 0.4) is 0 Å². The third-order valence-electron chi connectivity index (χ3n) is 3.05. The van der Waals surface area contributed by atoms with E-state index in [1.165, 1.54) is 19.1 Å². The summed E-state index contributed by atoms with van der Waals surface area (Å²) >= 11 is 11.9. The van der Waals surface area contributed by atoms with E-state index in [9.17, 15) is 8.78 Å². The molecule has 0 radical (unpaired) electrons. The van der Waals surface area contributed by atoms with Crippen LogP contribution in [0.25, 0.3) is 0 Å². The molecule has 20 heavy (non-hydrogen) atoms. The number of hydrogen-bond acceptors (Lipinski definition) is 1. The summed E-state index contributed by atoms with van der Waals surface area (Å²) in [5.74, 6) is -0.883. The molecule has 1 unspecified atom stereocenters. The standard InChI is InChI=1S/C15H13Cl2F2N/c1-8-5-14(19)11(7-13(8)18)9(2)20-15-4-3-10(16)6-12(15)17/h3-7,9,20H,1-2H3. The van der Waals surface area contributed by atoms with E-state index in [4.69, 9.17) is 23.2 Å². The van der Waals surface area contributed by atoms with Crippen LogP contribution in [-0.2, 0) is 0 Å². The van der Waals surface area contributed by atoms with Gasteiger partial charge in [-0.1, -0.05) is 23.2 Å². The fraction of sp³-hybridized carbons (Fsp3) is 0.200. The van der Waals surface area contributed by atoms with E-state index in [0.29, 0.717) is 15.7 Å². The van der Waals surface area contributed by atoms with Gasteiger partial charge in [-0.2, -0.15) is 0 Å². The van der Waals surface area contributed by atoms with Crippen LogP contribution in [-0.4, -0.2) is 0 Å². The predicted molar refractivity (Wildman–Crippen MR) is 79.6 cm³/mol. The van der Waals surface area contributed by atoms with Crippen LogP contribution < -0.4 is 5.32 Å². The second kappa shape index (κ2) is 5.98. The molecule has 1 atom stereocenters. The maximum atomic E-state index is 13.9. The highest BCUT2D eigenvalue weighted by Gasteiger charge is 2.15. The molecule has 106 valence electrons. The van der Waals surface area contributed by atoms with Gasteiger partial charge in [0.2, 0.25) is 0 Å². The summed E-state index contributed by atoms with van der Waals surface area (Å²) in [5, 5.41) is 3.99. The van der Waals surface area contributed by atoms with Crippen molar-refractivity contribution in [3.05, 3.63) is 63.1 Å². The summed E-state index contributed by atoms with van der Waals surface area (Å²) in [6.45, 7) is 3.26. The molecule has 0 fully saturated rings. The normalized spacial score (nSPS) is 12.3. The topological polar surface area (TPSA) is 12.0 Å². The van der Waals surface area contributed by atoms with E-state index in [0.717, 1.165) is 0 Å². The van der Waals surface area contributed by atoms with Crippen molar-refractivity contribution in [2.45, 2.75) is 19.9 Å². The zero-order valence-corrected chi connectivity index (χ0v) is 12.5. The zero-order valence-electron chi connectivity index (χ0n) is 11.0. The molecule has 0 aliphatic carbocycles. The first kappa shape index (κ1) is 15.1. The lowest BCUT2D eigenvalue weighted by molar-refractivity contribution is 0.571. The van der Waals surface area contributed by atoms with Crippen molar-refractivity contribution < 1.29 is 8.78 Å². The van der Waals surface area contributed by atoms with Gasteiger partial charge in [-0.25, -0.2) is 8.78 Å². The lowest BCUT2D eigenvalue weighted by Gasteiger charge is -2.18. The van der Waals surface area contributed by atoms with Crippen LogP contribution >= 0.6 is 23.2 Å². The van der Waals surface area contributed by atoms with Gasteiger partial charge in [0.05, 0.1) is 16.8 Å². The van der Waals surface area contributed by atoms with Crippen LogP contribution in [0.4, 0.5) is 14.5 Å². The first-order valence-corrected chi connectivity index (χ1v) is 6.81. The van der Waals surface area contributed by atoms with Gasteiger partial charge in [-0.15, -0.1) is 0 Å². The summed E-state index contributed by atoms with van der Waals surface area (Å²) in [7, 11) is 0.